The van der Waals surface area contributed by atoms with Crippen molar-refractivity contribution in [1.82, 2.24) is 10.6 Å². The summed E-state index contributed by atoms with van der Waals surface area (Å²) < 4.78 is 16.6. The zero-order valence-electron chi connectivity index (χ0n) is 19.1. The third-order valence-electron chi connectivity index (χ3n) is 4.26. The van der Waals surface area contributed by atoms with Gasteiger partial charge in [-0.25, -0.2) is 0 Å². The molecule has 0 bridgehead atoms. The van der Waals surface area contributed by atoms with Gasteiger partial charge in [-0.1, -0.05) is 18.2 Å². The van der Waals surface area contributed by atoms with Gasteiger partial charge in [-0.15, -0.1) is 24.0 Å². The number of nitrogens with one attached hydrogen (secondary N) is 3. The molecule has 32 heavy (non-hydrogen) atoms. The first-order chi connectivity index (χ1) is 15.0. The van der Waals surface area contributed by atoms with Crippen LogP contribution in [0.25, 0.3) is 0 Å². The Balaban J connectivity index is 0.00000512. The molecule has 2 aromatic carbocycles. The van der Waals surface area contributed by atoms with E-state index < -0.39 is 0 Å². The van der Waals surface area contributed by atoms with Crippen LogP contribution in [0.2, 0.25) is 0 Å². The Morgan fingerprint density at radius 2 is 1.84 bits per heavy atom. The van der Waals surface area contributed by atoms with Crippen molar-refractivity contribution in [3.63, 3.8) is 0 Å². The first kappa shape index (κ1) is 27.5. The lowest BCUT2D eigenvalue weighted by Gasteiger charge is -2.16. The Morgan fingerprint density at radius 1 is 1.03 bits per heavy atom. The lowest BCUT2D eigenvalue weighted by molar-refractivity contribution is -0.114. The average Bonchev–Trinajstić information content (AvgIpc) is 2.74. The maximum absolute atomic E-state index is 11.2. The van der Waals surface area contributed by atoms with E-state index >= 15 is 0 Å². The number of carbonyl (C=O) groups is 1. The molecule has 0 aliphatic rings. The molecule has 0 fully saturated rings. The van der Waals surface area contributed by atoms with Crippen molar-refractivity contribution in [1.29, 1.82) is 0 Å². The highest BCUT2D eigenvalue weighted by atomic mass is 127. The van der Waals surface area contributed by atoms with Crippen molar-refractivity contribution in [2.75, 3.05) is 45.8 Å². The standard InChI is InChI=1S/C23H32N4O4.HI/c1-17-8-9-19(22(14-17)31-13-12-29-4)16-26-23(24-3)25-10-11-30-21-7-5-6-20(15-21)27-18(2)28;/h5-9,14-15H,10-13,16H2,1-4H3,(H,27,28)(H2,24,25,26);1H. The molecule has 2 rings (SSSR count). The van der Waals surface area contributed by atoms with Gasteiger partial charge >= 0.3 is 0 Å². The summed E-state index contributed by atoms with van der Waals surface area (Å²) in [5.41, 5.74) is 2.88. The lowest BCUT2D eigenvalue weighted by atomic mass is 10.1. The van der Waals surface area contributed by atoms with E-state index in [1.165, 1.54) is 6.92 Å². The first-order valence-corrected chi connectivity index (χ1v) is 10.2. The van der Waals surface area contributed by atoms with Gasteiger partial charge in [0.1, 0.15) is 24.7 Å². The van der Waals surface area contributed by atoms with Gasteiger partial charge in [0.15, 0.2) is 5.96 Å². The quantitative estimate of drug-likeness (QED) is 0.170. The predicted octanol–water partition coefficient (Wildman–Crippen LogP) is 3.34. The van der Waals surface area contributed by atoms with Crippen LogP contribution in [0.1, 0.15) is 18.1 Å². The van der Waals surface area contributed by atoms with E-state index in [1.807, 2.05) is 37.3 Å². The van der Waals surface area contributed by atoms with Gasteiger partial charge in [-0.05, 0) is 30.7 Å². The molecule has 0 aromatic heterocycles. The summed E-state index contributed by atoms with van der Waals surface area (Å²) in [7, 11) is 3.37. The fourth-order valence-corrected chi connectivity index (χ4v) is 2.78. The Bertz CT molecular complexity index is 877. The molecule has 0 atom stereocenters. The van der Waals surface area contributed by atoms with Crippen LogP contribution in [0.4, 0.5) is 5.69 Å². The van der Waals surface area contributed by atoms with Crippen molar-refractivity contribution < 1.29 is 19.0 Å². The molecular formula is C23H33IN4O4. The first-order valence-electron chi connectivity index (χ1n) is 10.2. The van der Waals surface area contributed by atoms with Gasteiger partial charge in [-0.3, -0.25) is 9.79 Å². The van der Waals surface area contributed by atoms with Gasteiger partial charge in [0.2, 0.25) is 5.91 Å². The summed E-state index contributed by atoms with van der Waals surface area (Å²) in [6, 6.07) is 13.4. The van der Waals surface area contributed by atoms with E-state index in [9.17, 15) is 4.79 Å². The average molecular weight is 556 g/mol. The molecule has 0 aliphatic carbocycles. The van der Waals surface area contributed by atoms with Crippen molar-refractivity contribution in [3.8, 4) is 11.5 Å². The number of guanidine groups is 1. The molecule has 0 unspecified atom stereocenters. The third-order valence-corrected chi connectivity index (χ3v) is 4.26. The van der Waals surface area contributed by atoms with Gasteiger partial charge in [0.05, 0.1) is 13.2 Å². The molecule has 8 nitrogen and oxygen atoms in total. The number of aliphatic imine (C=N–C) groups is 1. The number of methoxy groups -OCH3 is 1. The summed E-state index contributed by atoms with van der Waals surface area (Å²) in [6.07, 6.45) is 0. The Kier molecular flexibility index (Phi) is 13.2. The van der Waals surface area contributed by atoms with Crippen LogP contribution in [-0.4, -0.2) is 52.4 Å². The number of benzene rings is 2. The molecule has 0 radical (unpaired) electrons. The number of nitrogens with zero attached hydrogens (tertiary/aromatic N) is 1. The van der Waals surface area contributed by atoms with Gasteiger partial charge in [0, 0.05) is 44.9 Å². The molecule has 3 N–H and O–H groups in total. The third kappa shape index (κ3) is 10.2. The van der Waals surface area contributed by atoms with Crippen LogP contribution in [0.15, 0.2) is 47.5 Å². The summed E-state index contributed by atoms with van der Waals surface area (Å²) in [4.78, 5) is 15.4. The van der Waals surface area contributed by atoms with E-state index in [0.29, 0.717) is 50.3 Å². The Labute approximate surface area is 207 Å². The van der Waals surface area contributed by atoms with E-state index in [4.69, 9.17) is 14.2 Å². The van der Waals surface area contributed by atoms with Crippen molar-refractivity contribution in [2.45, 2.75) is 20.4 Å². The van der Waals surface area contributed by atoms with Crippen LogP contribution in [0, 0.1) is 6.92 Å². The zero-order chi connectivity index (χ0) is 22.5. The molecule has 0 saturated heterocycles. The minimum atomic E-state index is -0.116. The number of amides is 1. The monoisotopic (exact) mass is 556 g/mol. The van der Waals surface area contributed by atoms with Crippen LogP contribution in [0.3, 0.4) is 0 Å². The smallest absolute Gasteiger partial charge is 0.221 e. The van der Waals surface area contributed by atoms with Crippen molar-refractivity contribution in [2.24, 2.45) is 4.99 Å². The molecule has 9 heteroatoms. The van der Waals surface area contributed by atoms with Crippen LogP contribution in [0.5, 0.6) is 11.5 Å². The maximum atomic E-state index is 11.2. The summed E-state index contributed by atoms with van der Waals surface area (Å²) in [5, 5.41) is 9.25. The maximum Gasteiger partial charge on any atom is 0.221 e. The number of anilines is 1. The van der Waals surface area contributed by atoms with Gasteiger partial charge < -0.3 is 30.2 Å². The molecule has 0 aliphatic heterocycles. The van der Waals surface area contributed by atoms with Crippen LogP contribution >= 0.6 is 24.0 Å². The molecule has 0 spiro atoms. The zero-order valence-corrected chi connectivity index (χ0v) is 21.4. The molecule has 2 aromatic rings. The number of ether oxygens (including phenoxy) is 3. The topological polar surface area (TPSA) is 93.2 Å². The number of carbonyl (C=O) groups excluding carboxylic acids is 1. The summed E-state index contributed by atoms with van der Waals surface area (Å²) >= 11 is 0. The second kappa shape index (κ2) is 15.3. The molecule has 1 amide bonds. The van der Waals surface area contributed by atoms with E-state index in [1.54, 1.807) is 20.2 Å². The predicted molar refractivity (Wildman–Crippen MR) is 138 cm³/mol. The Morgan fingerprint density at radius 3 is 2.56 bits per heavy atom. The van der Waals surface area contributed by atoms with E-state index in [2.05, 4.69) is 27.0 Å². The number of rotatable bonds is 11. The summed E-state index contributed by atoms with van der Waals surface area (Å²) in [6.45, 7) is 6.13. The molecule has 0 saturated carbocycles. The highest BCUT2D eigenvalue weighted by molar-refractivity contribution is 14.0. The normalized spacial score (nSPS) is 10.7. The fraction of sp³-hybridized carbons (Fsp3) is 0.391. The highest BCUT2D eigenvalue weighted by Gasteiger charge is 2.06. The highest BCUT2D eigenvalue weighted by Crippen LogP contribution is 2.20. The van der Waals surface area contributed by atoms with Gasteiger partial charge in [-0.2, -0.15) is 0 Å². The van der Waals surface area contributed by atoms with Crippen molar-refractivity contribution >= 4 is 41.5 Å². The fourth-order valence-electron chi connectivity index (χ4n) is 2.78. The van der Waals surface area contributed by atoms with Crippen LogP contribution in [-0.2, 0) is 16.1 Å². The van der Waals surface area contributed by atoms with E-state index in [-0.39, 0.29) is 29.9 Å². The van der Waals surface area contributed by atoms with Crippen LogP contribution < -0.4 is 25.4 Å². The summed E-state index contributed by atoms with van der Waals surface area (Å²) in [5.74, 6) is 2.07. The second-order valence-corrected chi connectivity index (χ2v) is 6.86. The SMILES string of the molecule is CN=C(NCCOc1cccc(NC(C)=O)c1)NCc1ccc(C)cc1OCCOC.I. The molecule has 0 heterocycles. The molecular weight excluding hydrogens is 523 g/mol. The molecule has 176 valence electrons. The number of aryl methyl sites for hydroxylation is 1. The largest absolute Gasteiger partial charge is 0.492 e. The lowest BCUT2D eigenvalue weighted by Crippen LogP contribution is -2.39. The Hall–Kier alpha value is -2.53. The van der Waals surface area contributed by atoms with Crippen molar-refractivity contribution in [3.05, 3.63) is 53.6 Å². The van der Waals surface area contributed by atoms with Gasteiger partial charge in [0.25, 0.3) is 0 Å². The second-order valence-electron chi connectivity index (χ2n) is 6.86. The number of hydrogen-bond acceptors (Lipinski definition) is 5. The number of halogens is 1. The minimum absolute atomic E-state index is 0. The number of hydrogen-bond donors (Lipinski definition) is 3. The minimum Gasteiger partial charge on any atom is -0.492 e. The van der Waals surface area contributed by atoms with E-state index in [0.717, 1.165) is 16.9 Å².